The number of hydrogen-bond donors (Lipinski definition) is 1. The number of nitrogens with one attached hydrogen (secondary N) is 1. The molecular weight excluding hydrogens is 420 g/mol. The van der Waals surface area contributed by atoms with Crippen LogP contribution in [0.4, 0.5) is 0 Å². The van der Waals surface area contributed by atoms with Gasteiger partial charge in [0.15, 0.2) is 0 Å². The number of ether oxygens (including phenoxy) is 1. The van der Waals surface area contributed by atoms with Crippen LogP contribution in [0.1, 0.15) is 22.5 Å². The lowest BCUT2D eigenvalue weighted by Gasteiger charge is -2.14. The first-order valence-corrected chi connectivity index (χ1v) is 11.1. The summed E-state index contributed by atoms with van der Waals surface area (Å²) in [4.78, 5) is 5.96. The summed E-state index contributed by atoms with van der Waals surface area (Å²) in [5.41, 5.74) is 4.34. The number of halogens is 1. The Hall–Kier alpha value is -2.61. The molecular formula is C22H21ClN4O2S. The molecule has 0 unspecified atom stereocenters. The molecule has 0 saturated heterocycles. The van der Waals surface area contributed by atoms with E-state index in [0.29, 0.717) is 30.6 Å². The van der Waals surface area contributed by atoms with Crippen LogP contribution in [-0.2, 0) is 19.7 Å². The van der Waals surface area contributed by atoms with Gasteiger partial charge < -0.3 is 10.1 Å². The number of aromatic nitrogens is 3. The minimum Gasteiger partial charge on any atom is -0.472 e. The lowest BCUT2D eigenvalue weighted by molar-refractivity contribution is 0.290. The maximum atomic E-state index is 6.28. The zero-order chi connectivity index (χ0) is 20.9. The fourth-order valence-corrected chi connectivity index (χ4v) is 3.66. The van der Waals surface area contributed by atoms with Gasteiger partial charge in [0, 0.05) is 39.5 Å². The molecule has 30 heavy (non-hydrogen) atoms. The molecule has 4 rings (SSSR count). The normalized spacial score (nSPS) is 11.2. The highest BCUT2D eigenvalue weighted by Crippen LogP contribution is 2.27. The molecule has 2 aromatic heterocycles. The van der Waals surface area contributed by atoms with Crippen molar-refractivity contribution in [3.8, 4) is 5.88 Å². The first-order chi connectivity index (χ1) is 14.6. The minimum atomic E-state index is 0.347. The molecule has 2 heterocycles. The van der Waals surface area contributed by atoms with Crippen molar-refractivity contribution in [3.05, 3.63) is 76.1 Å². The van der Waals surface area contributed by atoms with Crippen molar-refractivity contribution in [2.45, 2.75) is 31.5 Å². The Kier molecular flexibility index (Phi) is 6.52. The summed E-state index contributed by atoms with van der Waals surface area (Å²) in [6, 6.07) is 16.0. The summed E-state index contributed by atoms with van der Waals surface area (Å²) in [5, 5.41) is 12.8. The van der Waals surface area contributed by atoms with E-state index >= 15 is 0 Å². The molecule has 0 aliphatic heterocycles. The summed E-state index contributed by atoms with van der Waals surface area (Å²) in [6.45, 7) is 3.33. The largest absolute Gasteiger partial charge is 0.472 e. The van der Waals surface area contributed by atoms with Gasteiger partial charge in [-0.3, -0.25) is 0 Å². The van der Waals surface area contributed by atoms with Crippen molar-refractivity contribution in [1.29, 1.82) is 0 Å². The van der Waals surface area contributed by atoms with Gasteiger partial charge in [0.1, 0.15) is 18.0 Å². The molecule has 0 bridgehead atoms. The van der Waals surface area contributed by atoms with E-state index in [9.17, 15) is 0 Å². The highest BCUT2D eigenvalue weighted by atomic mass is 35.5. The second-order valence-electron chi connectivity index (χ2n) is 6.79. The summed E-state index contributed by atoms with van der Waals surface area (Å²) in [6.07, 6.45) is 2.05. The monoisotopic (exact) mass is 440 g/mol. The summed E-state index contributed by atoms with van der Waals surface area (Å²) in [5.74, 6) is 0.586. The Balaban J connectivity index is 1.59. The second kappa shape index (κ2) is 9.47. The van der Waals surface area contributed by atoms with Crippen LogP contribution in [0, 0.1) is 6.92 Å². The van der Waals surface area contributed by atoms with Gasteiger partial charge in [-0.05, 0) is 37.4 Å². The van der Waals surface area contributed by atoms with E-state index < -0.39 is 0 Å². The highest BCUT2D eigenvalue weighted by molar-refractivity contribution is 7.98. The number of benzene rings is 2. The van der Waals surface area contributed by atoms with E-state index in [1.165, 1.54) is 0 Å². The standard InChI is InChI=1S/C22H21ClN4O2S/c1-14-21(27-29-26-14)12-24-11-17-9-15-7-8-18(30-2)10-20(15)25-22(17)28-13-16-5-3-4-6-19(16)23/h3-10,24H,11-13H2,1-2H3. The van der Waals surface area contributed by atoms with E-state index in [1.54, 1.807) is 11.8 Å². The topological polar surface area (TPSA) is 73.1 Å². The summed E-state index contributed by atoms with van der Waals surface area (Å²) < 4.78 is 10.9. The highest BCUT2D eigenvalue weighted by Gasteiger charge is 2.12. The van der Waals surface area contributed by atoms with Gasteiger partial charge in [0.25, 0.3) is 0 Å². The summed E-state index contributed by atoms with van der Waals surface area (Å²) >= 11 is 7.97. The number of fused-ring (bicyclic) bond motifs is 1. The molecule has 0 fully saturated rings. The van der Waals surface area contributed by atoms with E-state index in [0.717, 1.165) is 38.3 Å². The average Bonchev–Trinajstić information content (AvgIpc) is 3.17. The molecule has 0 amide bonds. The third kappa shape index (κ3) is 4.75. The Labute approximate surface area is 183 Å². The second-order valence-corrected chi connectivity index (χ2v) is 8.08. The van der Waals surface area contributed by atoms with Crippen LogP contribution in [0.2, 0.25) is 5.02 Å². The Morgan fingerprint density at radius 1 is 1.07 bits per heavy atom. The van der Waals surface area contributed by atoms with Gasteiger partial charge in [-0.25, -0.2) is 9.61 Å². The lowest BCUT2D eigenvalue weighted by Crippen LogP contribution is -2.15. The molecule has 0 aliphatic carbocycles. The van der Waals surface area contributed by atoms with Gasteiger partial charge in [0.2, 0.25) is 5.88 Å². The van der Waals surface area contributed by atoms with E-state index in [2.05, 4.69) is 46.2 Å². The molecule has 8 heteroatoms. The Morgan fingerprint density at radius 3 is 2.70 bits per heavy atom. The molecule has 0 spiro atoms. The smallest absolute Gasteiger partial charge is 0.218 e. The van der Waals surface area contributed by atoms with Crippen LogP contribution in [0.5, 0.6) is 5.88 Å². The zero-order valence-electron chi connectivity index (χ0n) is 16.7. The molecule has 1 N–H and O–H groups in total. The lowest BCUT2D eigenvalue weighted by atomic mass is 10.1. The molecule has 2 aromatic carbocycles. The number of nitrogens with zero attached hydrogens (tertiary/aromatic N) is 3. The van der Waals surface area contributed by atoms with Crippen LogP contribution < -0.4 is 10.1 Å². The fourth-order valence-electron chi connectivity index (χ4n) is 3.04. The van der Waals surface area contributed by atoms with E-state index in [-0.39, 0.29) is 0 Å². The SMILES string of the molecule is CSc1ccc2cc(CNCc3nonc3C)c(OCc3ccccc3Cl)nc2c1. The van der Waals surface area contributed by atoms with Crippen molar-refractivity contribution < 1.29 is 9.37 Å². The summed E-state index contributed by atoms with van der Waals surface area (Å²) in [7, 11) is 0. The predicted octanol–water partition coefficient (Wildman–Crippen LogP) is 5.17. The van der Waals surface area contributed by atoms with Gasteiger partial charge in [-0.1, -0.05) is 46.2 Å². The molecule has 0 radical (unpaired) electrons. The fraction of sp³-hybridized carbons (Fsp3) is 0.227. The van der Waals surface area contributed by atoms with E-state index in [1.807, 2.05) is 31.2 Å². The van der Waals surface area contributed by atoms with Crippen LogP contribution >= 0.6 is 23.4 Å². The van der Waals surface area contributed by atoms with Crippen LogP contribution in [0.15, 0.2) is 58.1 Å². The third-order valence-corrected chi connectivity index (χ3v) is 5.83. The van der Waals surface area contributed by atoms with Crippen molar-refractivity contribution in [3.63, 3.8) is 0 Å². The first kappa shape index (κ1) is 20.7. The third-order valence-electron chi connectivity index (χ3n) is 4.74. The predicted molar refractivity (Wildman–Crippen MR) is 119 cm³/mol. The Morgan fingerprint density at radius 2 is 1.93 bits per heavy atom. The van der Waals surface area contributed by atoms with Crippen molar-refractivity contribution >= 4 is 34.3 Å². The molecule has 0 atom stereocenters. The van der Waals surface area contributed by atoms with Crippen LogP contribution in [-0.4, -0.2) is 21.6 Å². The minimum absolute atomic E-state index is 0.347. The van der Waals surface area contributed by atoms with Crippen molar-refractivity contribution in [1.82, 2.24) is 20.6 Å². The molecule has 0 aliphatic rings. The maximum Gasteiger partial charge on any atom is 0.218 e. The molecule has 6 nitrogen and oxygen atoms in total. The Bertz CT molecular complexity index is 1170. The van der Waals surface area contributed by atoms with Crippen molar-refractivity contribution in [2.75, 3.05) is 6.26 Å². The molecule has 154 valence electrons. The maximum absolute atomic E-state index is 6.28. The molecule has 4 aromatic rings. The number of thioether (sulfide) groups is 1. The number of hydrogen-bond acceptors (Lipinski definition) is 7. The average molecular weight is 441 g/mol. The molecule has 0 saturated carbocycles. The van der Waals surface area contributed by atoms with E-state index in [4.69, 9.17) is 26.0 Å². The number of pyridine rings is 1. The van der Waals surface area contributed by atoms with Gasteiger partial charge >= 0.3 is 0 Å². The van der Waals surface area contributed by atoms with Crippen molar-refractivity contribution in [2.24, 2.45) is 0 Å². The van der Waals surface area contributed by atoms with Crippen LogP contribution in [0.25, 0.3) is 10.9 Å². The first-order valence-electron chi connectivity index (χ1n) is 9.46. The van der Waals surface area contributed by atoms with Crippen LogP contribution in [0.3, 0.4) is 0 Å². The van der Waals surface area contributed by atoms with Gasteiger partial charge in [-0.15, -0.1) is 11.8 Å². The number of aryl methyl sites for hydroxylation is 1. The number of rotatable bonds is 8. The zero-order valence-corrected chi connectivity index (χ0v) is 18.3. The van der Waals surface area contributed by atoms with Gasteiger partial charge in [0.05, 0.1) is 5.52 Å². The van der Waals surface area contributed by atoms with Gasteiger partial charge in [-0.2, -0.15) is 0 Å². The quantitative estimate of drug-likeness (QED) is 0.379.